The number of carbonyl (C=O) groups excluding carboxylic acids is 1. The summed E-state index contributed by atoms with van der Waals surface area (Å²) in [5, 5.41) is 14.5. The fourth-order valence-corrected chi connectivity index (χ4v) is 2.20. The van der Waals surface area contributed by atoms with Crippen molar-refractivity contribution in [1.29, 1.82) is 0 Å². The first-order chi connectivity index (χ1) is 8.70. The van der Waals surface area contributed by atoms with Crippen molar-refractivity contribution >= 4 is 5.91 Å². The highest BCUT2D eigenvalue weighted by molar-refractivity contribution is 5.95. The van der Waals surface area contributed by atoms with Gasteiger partial charge < -0.3 is 10.6 Å². The maximum atomic E-state index is 12.2. The van der Waals surface area contributed by atoms with E-state index in [9.17, 15) is 4.79 Å². The highest BCUT2D eigenvalue weighted by atomic mass is 16.1. The second-order valence-electron chi connectivity index (χ2n) is 4.70. The number of hydrogen-bond acceptors (Lipinski definition) is 4. The highest BCUT2D eigenvalue weighted by Gasteiger charge is 2.18. The van der Waals surface area contributed by atoms with Crippen molar-refractivity contribution in [2.24, 2.45) is 0 Å². The molecule has 1 aliphatic heterocycles. The molecule has 1 aromatic heterocycles. The van der Waals surface area contributed by atoms with Gasteiger partial charge in [0.2, 0.25) is 0 Å². The molecule has 1 fully saturated rings. The smallest absolute Gasteiger partial charge is 0.253 e. The number of piperidine rings is 1. The molecule has 0 spiro atoms. The van der Waals surface area contributed by atoms with E-state index < -0.39 is 0 Å². The third kappa shape index (κ3) is 3.04. The summed E-state index contributed by atoms with van der Waals surface area (Å²) < 4.78 is 0. The highest BCUT2D eigenvalue weighted by Crippen LogP contribution is 2.09. The summed E-state index contributed by atoms with van der Waals surface area (Å²) in [5.41, 5.74) is 2.22. The summed E-state index contributed by atoms with van der Waals surface area (Å²) in [6.07, 6.45) is 2.71. The number of carbonyl (C=O) groups is 1. The molecule has 0 unspecified atom stereocenters. The van der Waals surface area contributed by atoms with E-state index in [0.717, 1.165) is 43.7 Å². The van der Waals surface area contributed by atoms with Gasteiger partial charge in [0.1, 0.15) is 0 Å². The van der Waals surface area contributed by atoms with E-state index >= 15 is 0 Å². The average molecular weight is 248 g/mol. The Morgan fingerprint density at radius 1 is 1.44 bits per heavy atom. The van der Waals surface area contributed by atoms with Crippen molar-refractivity contribution < 1.29 is 4.79 Å². The van der Waals surface area contributed by atoms with E-state index in [-0.39, 0.29) is 11.9 Å². The van der Waals surface area contributed by atoms with Crippen LogP contribution in [0.2, 0.25) is 0 Å². The summed E-state index contributed by atoms with van der Waals surface area (Å²) in [6.45, 7) is 5.78. The lowest BCUT2D eigenvalue weighted by atomic mass is 10.1. The Bertz CT molecular complexity index is 427. The maximum absolute atomic E-state index is 12.2. The van der Waals surface area contributed by atoms with Gasteiger partial charge in [-0.2, -0.15) is 10.2 Å². The number of nitrogens with zero attached hydrogens (tertiary/aromatic N) is 2. The van der Waals surface area contributed by atoms with Gasteiger partial charge in [0.25, 0.3) is 5.91 Å². The van der Waals surface area contributed by atoms with E-state index in [2.05, 4.69) is 20.8 Å². The Kier molecular flexibility index (Phi) is 4.25. The minimum absolute atomic E-state index is 0.0169. The van der Waals surface area contributed by atoms with Crippen molar-refractivity contribution in [2.45, 2.75) is 39.2 Å². The van der Waals surface area contributed by atoms with Crippen LogP contribution in [-0.2, 0) is 6.42 Å². The average Bonchev–Trinajstić information content (AvgIpc) is 2.40. The van der Waals surface area contributed by atoms with E-state index in [0.29, 0.717) is 5.56 Å². The molecule has 18 heavy (non-hydrogen) atoms. The van der Waals surface area contributed by atoms with Crippen LogP contribution < -0.4 is 10.6 Å². The summed E-state index contributed by atoms with van der Waals surface area (Å²) >= 11 is 0. The van der Waals surface area contributed by atoms with Gasteiger partial charge in [-0.3, -0.25) is 4.79 Å². The summed E-state index contributed by atoms with van der Waals surface area (Å²) in [4.78, 5) is 12.2. The SMILES string of the molecule is CCc1nnc(C)cc1C(=O)NC1CCNCC1. The molecule has 1 aliphatic rings. The number of hydrogen-bond donors (Lipinski definition) is 2. The number of aryl methyl sites for hydroxylation is 2. The number of nitrogens with one attached hydrogen (secondary N) is 2. The van der Waals surface area contributed by atoms with Gasteiger partial charge in [-0.15, -0.1) is 0 Å². The van der Waals surface area contributed by atoms with Gasteiger partial charge in [0.15, 0.2) is 0 Å². The molecule has 5 nitrogen and oxygen atoms in total. The number of aromatic nitrogens is 2. The van der Waals surface area contributed by atoms with Crippen molar-refractivity contribution in [3.63, 3.8) is 0 Å². The second-order valence-corrected chi connectivity index (χ2v) is 4.70. The molecule has 0 bridgehead atoms. The molecule has 5 heteroatoms. The van der Waals surface area contributed by atoms with Crippen molar-refractivity contribution in [3.8, 4) is 0 Å². The molecule has 98 valence electrons. The Morgan fingerprint density at radius 2 is 2.17 bits per heavy atom. The zero-order chi connectivity index (χ0) is 13.0. The van der Waals surface area contributed by atoms with E-state index in [4.69, 9.17) is 0 Å². The minimum Gasteiger partial charge on any atom is -0.349 e. The van der Waals surface area contributed by atoms with Gasteiger partial charge in [0, 0.05) is 6.04 Å². The lowest BCUT2D eigenvalue weighted by Gasteiger charge is -2.24. The summed E-state index contributed by atoms with van der Waals surface area (Å²) in [7, 11) is 0. The van der Waals surface area contributed by atoms with Crippen LogP contribution in [0.15, 0.2) is 6.07 Å². The molecule has 0 saturated carbocycles. The van der Waals surface area contributed by atoms with E-state index in [1.54, 1.807) is 0 Å². The lowest BCUT2D eigenvalue weighted by molar-refractivity contribution is 0.0928. The monoisotopic (exact) mass is 248 g/mol. The van der Waals surface area contributed by atoms with Crippen LogP contribution >= 0.6 is 0 Å². The molecule has 1 aromatic rings. The predicted molar refractivity (Wildman–Crippen MR) is 69.5 cm³/mol. The predicted octanol–water partition coefficient (Wildman–Crippen LogP) is 0.829. The van der Waals surface area contributed by atoms with Gasteiger partial charge in [-0.25, -0.2) is 0 Å². The Hall–Kier alpha value is -1.49. The van der Waals surface area contributed by atoms with Crippen LogP contribution in [0.5, 0.6) is 0 Å². The van der Waals surface area contributed by atoms with Gasteiger partial charge in [-0.1, -0.05) is 6.92 Å². The zero-order valence-electron chi connectivity index (χ0n) is 11.0. The van der Waals surface area contributed by atoms with E-state index in [1.807, 2.05) is 19.9 Å². The van der Waals surface area contributed by atoms with Crippen LogP contribution in [0.25, 0.3) is 0 Å². The first kappa shape index (κ1) is 13.0. The molecule has 1 amide bonds. The molecule has 0 atom stereocenters. The largest absolute Gasteiger partial charge is 0.349 e. The minimum atomic E-state index is -0.0169. The van der Waals surface area contributed by atoms with Crippen LogP contribution in [0.4, 0.5) is 0 Å². The van der Waals surface area contributed by atoms with Crippen LogP contribution in [0.3, 0.4) is 0 Å². The first-order valence-corrected chi connectivity index (χ1v) is 6.55. The number of amides is 1. The molecule has 0 radical (unpaired) electrons. The standard InChI is InChI=1S/C13H20N4O/c1-3-12-11(8-9(2)16-17-12)13(18)15-10-4-6-14-7-5-10/h8,10,14H,3-7H2,1-2H3,(H,15,18). The van der Waals surface area contributed by atoms with Gasteiger partial charge in [-0.05, 0) is 45.3 Å². The summed E-state index contributed by atoms with van der Waals surface area (Å²) in [6, 6.07) is 2.10. The fourth-order valence-electron chi connectivity index (χ4n) is 2.20. The third-order valence-corrected chi connectivity index (χ3v) is 3.25. The Morgan fingerprint density at radius 3 is 2.83 bits per heavy atom. The number of rotatable bonds is 3. The second kappa shape index (κ2) is 5.91. The molecular formula is C13H20N4O. The Labute approximate surface area is 107 Å². The molecule has 0 aromatic carbocycles. The Balaban J connectivity index is 2.09. The molecule has 2 rings (SSSR count). The van der Waals surface area contributed by atoms with Gasteiger partial charge in [0.05, 0.1) is 17.0 Å². The van der Waals surface area contributed by atoms with Gasteiger partial charge >= 0.3 is 0 Å². The summed E-state index contributed by atoms with van der Waals surface area (Å²) in [5.74, 6) is -0.0169. The molecule has 1 saturated heterocycles. The van der Waals surface area contributed by atoms with Crippen LogP contribution in [-0.4, -0.2) is 35.2 Å². The fraction of sp³-hybridized carbons (Fsp3) is 0.615. The molecular weight excluding hydrogens is 228 g/mol. The molecule has 2 N–H and O–H groups in total. The maximum Gasteiger partial charge on any atom is 0.253 e. The normalized spacial score (nSPS) is 16.6. The van der Waals surface area contributed by atoms with E-state index in [1.165, 1.54) is 0 Å². The van der Waals surface area contributed by atoms with Crippen LogP contribution in [0, 0.1) is 6.92 Å². The van der Waals surface area contributed by atoms with Crippen LogP contribution in [0.1, 0.15) is 41.5 Å². The lowest BCUT2D eigenvalue weighted by Crippen LogP contribution is -2.43. The zero-order valence-corrected chi connectivity index (χ0v) is 11.0. The molecule has 2 heterocycles. The molecule has 0 aliphatic carbocycles. The van der Waals surface area contributed by atoms with Crippen molar-refractivity contribution in [2.75, 3.05) is 13.1 Å². The van der Waals surface area contributed by atoms with Crippen molar-refractivity contribution in [1.82, 2.24) is 20.8 Å². The quantitative estimate of drug-likeness (QED) is 0.831. The first-order valence-electron chi connectivity index (χ1n) is 6.55. The third-order valence-electron chi connectivity index (χ3n) is 3.25. The topological polar surface area (TPSA) is 66.9 Å². The van der Waals surface area contributed by atoms with Crippen molar-refractivity contribution in [3.05, 3.63) is 23.0 Å².